The number of amides is 2. The molecule has 4 nitrogen and oxygen atoms in total. The Labute approximate surface area is 128 Å². The Morgan fingerprint density at radius 2 is 1.68 bits per heavy atom. The van der Waals surface area contributed by atoms with Gasteiger partial charge in [-0.05, 0) is 36.6 Å². The van der Waals surface area contributed by atoms with Crippen molar-refractivity contribution in [3.63, 3.8) is 0 Å². The van der Waals surface area contributed by atoms with E-state index >= 15 is 0 Å². The number of nitrogens with one attached hydrogen (secondary N) is 2. The normalized spacial score (nSPS) is 10.1. The predicted octanol–water partition coefficient (Wildman–Crippen LogP) is 3.27. The fourth-order valence-corrected chi connectivity index (χ4v) is 2.11. The van der Waals surface area contributed by atoms with Gasteiger partial charge in [-0.15, -0.1) is 0 Å². The average molecular weight is 300 g/mol. The van der Waals surface area contributed by atoms with Crippen molar-refractivity contribution in [1.82, 2.24) is 0 Å². The molecule has 0 unspecified atom stereocenters. The summed E-state index contributed by atoms with van der Waals surface area (Å²) in [6, 6.07) is 11.3. The van der Waals surface area contributed by atoms with Crippen LogP contribution < -0.4 is 10.6 Å². The third-order valence-corrected chi connectivity index (χ3v) is 3.31. The summed E-state index contributed by atoms with van der Waals surface area (Å²) in [4.78, 5) is 23.9. The van der Waals surface area contributed by atoms with Crippen LogP contribution in [0, 0.1) is 12.7 Å². The first kappa shape index (κ1) is 15.7. The summed E-state index contributed by atoms with van der Waals surface area (Å²) >= 11 is 0. The van der Waals surface area contributed by atoms with Gasteiger partial charge in [0.15, 0.2) is 0 Å². The number of rotatable bonds is 3. The lowest BCUT2D eigenvalue weighted by Gasteiger charge is -2.13. The Morgan fingerprint density at radius 3 is 2.36 bits per heavy atom. The highest BCUT2D eigenvalue weighted by molar-refractivity contribution is 6.43. The van der Waals surface area contributed by atoms with Gasteiger partial charge in [0.25, 0.3) is 0 Å². The first-order valence-corrected chi connectivity index (χ1v) is 6.98. The second-order valence-electron chi connectivity index (χ2n) is 4.85. The Hall–Kier alpha value is -2.69. The van der Waals surface area contributed by atoms with Crippen LogP contribution in [0.5, 0.6) is 0 Å². The molecule has 2 amide bonds. The van der Waals surface area contributed by atoms with E-state index in [1.807, 2.05) is 32.0 Å². The molecule has 0 spiro atoms. The summed E-state index contributed by atoms with van der Waals surface area (Å²) in [6.07, 6.45) is 0.728. The highest BCUT2D eigenvalue weighted by Crippen LogP contribution is 2.21. The second-order valence-corrected chi connectivity index (χ2v) is 4.85. The van der Waals surface area contributed by atoms with Crippen molar-refractivity contribution in [1.29, 1.82) is 0 Å². The van der Waals surface area contributed by atoms with Crippen LogP contribution in [0.1, 0.15) is 18.1 Å². The third kappa shape index (κ3) is 3.49. The zero-order valence-electron chi connectivity index (χ0n) is 12.4. The van der Waals surface area contributed by atoms with E-state index in [-0.39, 0.29) is 5.69 Å². The molecule has 0 saturated carbocycles. The number of benzene rings is 2. The molecule has 0 bridgehead atoms. The van der Waals surface area contributed by atoms with Gasteiger partial charge in [-0.25, -0.2) is 4.39 Å². The minimum Gasteiger partial charge on any atom is -0.317 e. The predicted molar refractivity (Wildman–Crippen MR) is 84.2 cm³/mol. The van der Waals surface area contributed by atoms with Gasteiger partial charge in [0, 0.05) is 5.69 Å². The topological polar surface area (TPSA) is 58.2 Å². The summed E-state index contributed by atoms with van der Waals surface area (Å²) in [7, 11) is 0. The molecule has 2 aromatic carbocycles. The summed E-state index contributed by atoms with van der Waals surface area (Å²) in [6.45, 7) is 3.81. The van der Waals surface area contributed by atoms with E-state index in [0.717, 1.165) is 17.5 Å². The molecule has 5 heteroatoms. The average Bonchev–Trinajstić information content (AvgIpc) is 2.51. The van der Waals surface area contributed by atoms with Crippen LogP contribution in [0.2, 0.25) is 0 Å². The summed E-state index contributed by atoms with van der Waals surface area (Å²) in [5, 5.41) is 4.86. The lowest BCUT2D eigenvalue weighted by atomic mass is 10.1. The number of carbonyl (C=O) groups is 2. The van der Waals surface area contributed by atoms with Crippen molar-refractivity contribution in [2.24, 2.45) is 0 Å². The molecule has 22 heavy (non-hydrogen) atoms. The van der Waals surface area contributed by atoms with Gasteiger partial charge in [0.05, 0.1) is 5.69 Å². The number of halogens is 1. The van der Waals surface area contributed by atoms with Crippen molar-refractivity contribution in [2.45, 2.75) is 20.3 Å². The van der Waals surface area contributed by atoms with Crippen LogP contribution in [-0.2, 0) is 16.0 Å². The molecule has 0 aliphatic carbocycles. The molecule has 0 fully saturated rings. The zero-order valence-corrected chi connectivity index (χ0v) is 12.4. The molecule has 114 valence electrons. The fourth-order valence-electron chi connectivity index (χ4n) is 2.11. The monoisotopic (exact) mass is 300 g/mol. The number of aryl methyl sites for hydroxylation is 2. The van der Waals surface area contributed by atoms with Crippen LogP contribution in [0.15, 0.2) is 42.5 Å². The highest BCUT2D eigenvalue weighted by atomic mass is 19.1. The van der Waals surface area contributed by atoms with Crippen molar-refractivity contribution in [3.05, 3.63) is 59.4 Å². The number of para-hydroxylation sites is 2. The van der Waals surface area contributed by atoms with Crippen LogP contribution in [0.25, 0.3) is 0 Å². The van der Waals surface area contributed by atoms with Gasteiger partial charge in [-0.2, -0.15) is 0 Å². The Bertz CT molecular complexity index is 714. The van der Waals surface area contributed by atoms with Crippen LogP contribution in [0.3, 0.4) is 0 Å². The van der Waals surface area contributed by atoms with Gasteiger partial charge in [0.2, 0.25) is 0 Å². The lowest BCUT2D eigenvalue weighted by molar-refractivity contribution is -0.133. The standard InChI is InChI=1S/C17H17FN2O2/c1-3-12-8-6-7-11(2)15(12)20-17(22)16(21)19-14-10-5-4-9-13(14)18/h4-10H,3H2,1-2H3,(H,19,21)(H,20,22). The Morgan fingerprint density at radius 1 is 1.00 bits per heavy atom. The van der Waals surface area contributed by atoms with Gasteiger partial charge in [-0.3, -0.25) is 9.59 Å². The van der Waals surface area contributed by atoms with E-state index in [1.54, 1.807) is 6.07 Å². The molecule has 2 rings (SSSR count). The van der Waals surface area contributed by atoms with E-state index in [2.05, 4.69) is 10.6 Å². The first-order valence-electron chi connectivity index (χ1n) is 6.98. The first-order chi connectivity index (χ1) is 10.5. The fraction of sp³-hybridized carbons (Fsp3) is 0.176. The molecule has 0 atom stereocenters. The number of hydrogen-bond acceptors (Lipinski definition) is 2. The SMILES string of the molecule is CCc1cccc(C)c1NC(=O)C(=O)Nc1ccccc1F. The molecule has 0 saturated heterocycles. The lowest BCUT2D eigenvalue weighted by Crippen LogP contribution is -2.30. The maximum absolute atomic E-state index is 13.5. The van der Waals surface area contributed by atoms with Crippen LogP contribution >= 0.6 is 0 Å². The maximum atomic E-state index is 13.5. The second kappa shape index (κ2) is 6.85. The number of anilines is 2. The van der Waals surface area contributed by atoms with Crippen LogP contribution in [0.4, 0.5) is 15.8 Å². The van der Waals surface area contributed by atoms with E-state index in [9.17, 15) is 14.0 Å². The van der Waals surface area contributed by atoms with E-state index in [4.69, 9.17) is 0 Å². The summed E-state index contributed by atoms with van der Waals surface area (Å²) in [5.74, 6) is -2.32. The summed E-state index contributed by atoms with van der Waals surface area (Å²) in [5.41, 5.74) is 2.40. The molecule has 0 aliphatic rings. The minimum absolute atomic E-state index is 0.0249. The van der Waals surface area contributed by atoms with E-state index < -0.39 is 17.6 Å². The van der Waals surface area contributed by atoms with Gasteiger partial charge >= 0.3 is 11.8 Å². The molecule has 0 heterocycles. The molecule has 0 aromatic heterocycles. The minimum atomic E-state index is -0.907. The van der Waals surface area contributed by atoms with E-state index in [1.165, 1.54) is 18.2 Å². The highest BCUT2D eigenvalue weighted by Gasteiger charge is 2.17. The molecular weight excluding hydrogens is 283 g/mol. The Balaban J connectivity index is 2.13. The molecule has 2 aromatic rings. The maximum Gasteiger partial charge on any atom is 0.314 e. The Kier molecular flexibility index (Phi) is 4.88. The largest absolute Gasteiger partial charge is 0.317 e. The van der Waals surface area contributed by atoms with Gasteiger partial charge in [-0.1, -0.05) is 37.3 Å². The van der Waals surface area contributed by atoms with E-state index in [0.29, 0.717) is 5.69 Å². The molecular formula is C17H17FN2O2. The molecule has 0 aliphatic heterocycles. The quantitative estimate of drug-likeness (QED) is 0.855. The van der Waals surface area contributed by atoms with Crippen molar-refractivity contribution in [3.8, 4) is 0 Å². The van der Waals surface area contributed by atoms with Crippen LogP contribution in [-0.4, -0.2) is 11.8 Å². The summed E-state index contributed by atoms with van der Waals surface area (Å²) < 4.78 is 13.5. The zero-order chi connectivity index (χ0) is 16.1. The number of hydrogen-bond donors (Lipinski definition) is 2. The number of carbonyl (C=O) groups excluding carboxylic acids is 2. The van der Waals surface area contributed by atoms with Gasteiger partial charge < -0.3 is 10.6 Å². The van der Waals surface area contributed by atoms with Crippen molar-refractivity contribution >= 4 is 23.2 Å². The van der Waals surface area contributed by atoms with Gasteiger partial charge in [0.1, 0.15) is 5.82 Å². The smallest absolute Gasteiger partial charge is 0.314 e. The van der Waals surface area contributed by atoms with Crippen molar-refractivity contribution in [2.75, 3.05) is 10.6 Å². The van der Waals surface area contributed by atoms with Crippen molar-refractivity contribution < 1.29 is 14.0 Å². The molecule has 2 N–H and O–H groups in total. The third-order valence-electron chi connectivity index (χ3n) is 3.31. The molecule has 0 radical (unpaired) electrons.